The highest BCUT2D eigenvalue weighted by Crippen LogP contribution is 2.27. The average Bonchev–Trinajstić information content (AvgIpc) is 3.10. The largest absolute Gasteiger partial charge is 0.342 e. The molecule has 0 atom stereocenters. The number of halogens is 3. The number of aromatic nitrogens is 3. The number of likely N-dealkylation sites (tertiary alicyclic amines) is 1. The van der Waals surface area contributed by atoms with Crippen molar-refractivity contribution in [1.82, 2.24) is 19.5 Å². The molecule has 4 rings (SSSR count). The van der Waals surface area contributed by atoms with Crippen molar-refractivity contribution in [2.45, 2.75) is 25.2 Å². The van der Waals surface area contributed by atoms with E-state index in [9.17, 15) is 18.0 Å². The van der Waals surface area contributed by atoms with E-state index in [0.29, 0.717) is 32.0 Å². The molecule has 1 aliphatic rings. The summed E-state index contributed by atoms with van der Waals surface area (Å²) in [7, 11) is 0. The highest BCUT2D eigenvalue weighted by Gasteiger charge is 2.27. The molecule has 1 saturated heterocycles. The Labute approximate surface area is 153 Å². The molecule has 0 spiro atoms. The molecule has 0 radical (unpaired) electrons. The molecule has 0 unspecified atom stereocenters. The van der Waals surface area contributed by atoms with Crippen LogP contribution in [0.4, 0.5) is 13.2 Å². The van der Waals surface area contributed by atoms with Gasteiger partial charge in [0.1, 0.15) is 11.6 Å². The second kappa shape index (κ2) is 7.02. The van der Waals surface area contributed by atoms with E-state index in [1.54, 1.807) is 4.90 Å². The van der Waals surface area contributed by atoms with Crippen molar-refractivity contribution in [2.75, 3.05) is 13.1 Å². The normalized spacial score (nSPS) is 15.4. The van der Waals surface area contributed by atoms with Gasteiger partial charge >= 0.3 is 0 Å². The summed E-state index contributed by atoms with van der Waals surface area (Å²) in [5.74, 6) is -2.59. The molecule has 140 valence electrons. The van der Waals surface area contributed by atoms with Gasteiger partial charge in [-0.1, -0.05) is 6.07 Å². The maximum atomic E-state index is 13.8. The van der Waals surface area contributed by atoms with E-state index in [0.717, 1.165) is 17.5 Å². The van der Waals surface area contributed by atoms with Gasteiger partial charge < -0.3 is 4.90 Å². The SMILES string of the molecule is O=C(Cc1cc(F)c(F)cc1F)N1CCC(c2nnc3ccccn23)CC1. The van der Waals surface area contributed by atoms with Gasteiger partial charge in [0.25, 0.3) is 0 Å². The number of hydrogen-bond donors (Lipinski definition) is 0. The van der Waals surface area contributed by atoms with Crippen molar-refractivity contribution in [3.05, 3.63) is 65.4 Å². The molecule has 1 fully saturated rings. The number of pyridine rings is 1. The topological polar surface area (TPSA) is 50.5 Å². The molecule has 5 nitrogen and oxygen atoms in total. The zero-order chi connectivity index (χ0) is 19.0. The summed E-state index contributed by atoms with van der Waals surface area (Å²) in [5, 5.41) is 8.42. The predicted octanol–water partition coefficient (Wildman–Crippen LogP) is 3.10. The third-order valence-electron chi connectivity index (χ3n) is 4.98. The minimum absolute atomic E-state index is 0.135. The van der Waals surface area contributed by atoms with Crippen LogP contribution in [-0.2, 0) is 11.2 Å². The fourth-order valence-corrected chi connectivity index (χ4v) is 3.50. The van der Waals surface area contributed by atoms with Crippen LogP contribution in [0.3, 0.4) is 0 Å². The second-order valence-electron chi connectivity index (χ2n) is 6.68. The molecule has 0 N–H and O–H groups in total. The highest BCUT2D eigenvalue weighted by molar-refractivity contribution is 5.79. The zero-order valence-corrected chi connectivity index (χ0v) is 14.4. The van der Waals surface area contributed by atoms with Crippen molar-refractivity contribution >= 4 is 11.6 Å². The Morgan fingerprint density at radius 3 is 2.56 bits per heavy atom. The van der Waals surface area contributed by atoms with Gasteiger partial charge in [-0.25, -0.2) is 13.2 Å². The summed E-state index contributed by atoms with van der Waals surface area (Å²) in [6, 6.07) is 6.91. The number of benzene rings is 1. The Bertz CT molecular complexity index is 996. The monoisotopic (exact) mass is 374 g/mol. The Morgan fingerprint density at radius 2 is 1.78 bits per heavy atom. The molecule has 1 aliphatic heterocycles. The average molecular weight is 374 g/mol. The summed E-state index contributed by atoms with van der Waals surface area (Å²) in [6.45, 7) is 0.993. The number of carbonyl (C=O) groups is 1. The van der Waals surface area contributed by atoms with Crippen LogP contribution >= 0.6 is 0 Å². The quantitative estimate of drug-likeness (QED) is 0.662. The van der Waals surface area contributed by atoms with Gasteiger partial charge in [-0.3, -0.25) is 9.20 Å². The van der Waals surface area contributed by atoms with Crippen LogP contribution < -0.4 is 0 Å². The van der Waals surface area contributed by atoms with Crippen LogP contribution in [0, 0.1) is 17.5 Å². The van der Waals surface area contributed by atoms with Crippen LogP contribution in [0.5, 0.6) is 0 Å². The zero-order valence-electron chi connectivity index (χ0n) is 14.4. The molecule has 1 amide bonds. The number of amides is 1. The Hall–Kier alpha value is -2.90. The van der Waals surface area contributed by atoms with Gasteiger partial charge in [0.2, 0.25) is 5.91 Å². The van der Waals surface area contributed by atoms with E-state index in [1.165, 1.54) is 0 Å². The number of piperidine rings is 1. The minimum atomic E-state index is -1.26. The van der Waals surface area contributed by atoms with Crippen LogP contribution in [-0.4, -0.2) is 38.5 Å². The number of nitrogens with zero attached hydrogens (tertiary/aromatic N) is 4. The number of fused-ring (bicyclic) bond motifs is 1. The summed E-state index contributed by atoms with van der Waals surface area (Å²) in [5.41, 5.74) is 0.643. The maximum absolute atomic E-state index is 13.8. The van der Waals surface area contributed by atoms with Crippen molar-refractivity contribution in [3.63, 3.8) is 0 Å². The van der Waals surface area contributed by atoms with Crippen LogP contribution in [0.15, 0.2) is 36.5 Å². The molecule has 27 heavy (non-hydrogen) atoms. The number of carbonyl (C=O) groups excluding carboxylic acids is 1. The van der Waals surface area contributed by atoms with Crippen molar-refractivity contribution in [3.8, 4) is 0 Å². The van der Waals surface area contributed by atoms with E-state index in [1.807, 2.05) is 28.8 Å². The van der Waals surface area contributed by atoms with E-state index < -0.39 is 17.5 Å². The molecule has 2 aromatic heterocycles. The van der Waals surface area contributed by atoms with Crippen LogP contribution in [0.2, 0.25) is 0 Å². The van der Waals surface area contributed by atoms with Gasteiger partial charge in [-0.2, -0.15) is 0 Å². The van der Waals surface area contributed by atoms with Gasteiger partial charge in [0.05, 0.1) is 6.42 Å². The van der Waals surface area contributed by atoms with Crippen LogP contribution in [0.1, 0.15) is 30.1 Å². The first-order valence-electron chi connectivity index (χ1n) is 8.74. The lowest BCUT2D eigenvalue weighted by Crippen LogP contribution is -2.39. The fourth-order valence-electron chi connectivity index (χ4n) is 3.50. The molecular weight excluding hydrogens is 357 g/mol. The van der Waals surface area contributed by atoms with Crippen LogP contribution in [0.25, 0.3) is 5.65 Å². The first-order valence-corrected chi connectivity index (χ1v) is 8.74. The minimum Gasteiger partial charge on any atom is -0.342 e. The molecule has 0 aliphatic carbocycles. The standard InChI is InChI=1S/C19H17F3N4O/c20-14-11-16(22)15(21)9-13(14)10-18(27)25-7-4-12(5-8-25)19-24-23-17-3-1-2-6-26(17)19/h1-3,6,9,11-12H,4-5,7-8,10H2. The van der Waals surface area contributed by atoms with E-state index in [-0.39, 0.29) is 23.8 Å². The molecular formula is C19H17F3N4O. The Balaban J connectivity index is 1.42. The highest BCUT2D eigenvalue weighted by atomic mass is 19.2. The molecule has 3 aromatic rings. The first kappa shape index (κ1) is 17.5. The second-order valence-corrected chi connectivity index (χ2v) is 6.68. The summed E-state index contributed by atoms with van der Waals surface area (Å²) in [4.78, 5) is 14.1. The summed E-state index contributed by atoms with van der Waals surface area (Å²) >= 11 is 0. The third kappa shape index (κ3) is 3.39. The van der Waals surface area contributed by atoms with E-state index in [2.05, 4.69) is 10.2 Å². The lowest BCUT2D eigenvalue weighted by atomic mass is 9.95. The first-order chi connectivity index (χ1) is 13.0. The van der Waals surface area contributed by atoms with Crippen molar-refractivity contribution < 1.29 is 18.0 Å². The Morgan fingerprint density at radius 1 is 1.04 bits per heavy atom. The van der Waals surface area contributed by atoms with Gasteiger partial charge in [-0.15, -0.1) is 10.2 Å². The molecule has 8 heteroatoms. The predicted molar refractivity (Wildman–Crippen MR) is 91.6 cm³/mol. The fraction of sp³-hybridized carbons (Fsp3) is 0.316. The molecule has 3 heterocycles. The lowest BCUT2D eigenvalue weighted by Gasteiger charge is -2.31. The lowest BCUT2D eigenvalue weighted by molar-refractivity contribution is -0.131. The molecule has 1 aromatic carbocycles. The van der Waals surface area contributed by atoms with Crippen molar-refractivity contribution in [2.24, 2.45) is 0 Å². The molecule has 0 bridgehead atoms. The summed E-state index contributed by atoms with van der Waals surface area (Å²) in [6.07, 6.45) is 3.04. The number of rotatable bonds is 3. The van der Waals surface area contributed by atoms with Gasteiger partial charge in [0.15, 0.2) is 17.3 Å². The summed E-state index contributed by atoms with van der Waals surface area (Å²) < 4.78 is 42.0. The van der Waals surface area contributed by atoms with E-state index >= 15 is 0 Å². The van der Waals surface area contributed by atoms with Gasteiger partial charge in [0, 0.05) is 36.8 Å². The maximum Gasteiger partial charge on any atom is 0.227 e. The molecule has 0 saturated carbocycles. The third-order valence-corrected chi connectivity index (χ3v) is 4.98. The number of hydrogen-bond acceptors (Lipinski definition) is 3. The van der Waals surface area contributed by atoms with Gasteiger partial charge in [-0.05, 0) is 31.0 Å². The van der Waals surface area contributed by atoms with Crippen molar-refractivity contribution in [1.29, 1.82) is 0 Å². The smallest absolute Gasteiger partial charge is 0.227 e. The van der Waals surface area contributed by atoms with E-state index in [4.69, 9.17) is 0 Å². The Kier molecular flexibility index (Phi) is 4.55.